The lowest BCUT2D eigenvalue weighted by molar-refractivity contribution is 0.0690. The highest BCUT2D eigenvalue weighted by Crippen LogP contribution is 2.25. The minimum absolute atomic E-state index is 0.0670. The molecular weight excluding hydrogens is 248 g/mol. The summed E-state index contributed by atoms with van der Waals surface area (Å²) in [7, 11) is 0. The lowest BCUT2D eigenvalue weighted by Crippen LogP contribution is -2.07. The van der Waals surface area contributed by atoms with Crippen molar-refractivity contribution in [3.63, 3.8) is 0 Å². The zero-order valence-corrected chi connectivity index (χ0v) is 11.3. The molecule has 1 heterocycles. The van der Waals surface area contributed by atoms with Gasteiger partial charge in [0, 0.05) is 11.1 Å². The van der Waals surface area contributed by atoms with Crippen molar-refractivity contribution < 1.29 is 9.90 Å². The summed E-state index contributed by atoms with van der Waals surface area (Å²) < 4.78 is 0. The van der Waals surface area contributed by atoms with Gasteiger partial charge in [-0.25, -0.2) is 9.78 Å². The van der Waals surface area contributed by atoms with Crippen LogP contribution in [0.25, 0.3) is 0 Å². The summed E-state index contributed by atoms with van der Waals surface area (Å²) in [4.78, 5) is 15.4. The van der Waals surface area contributed by atoms with Gasteiger partial charge in [0.1, 0.15) is 5.69 Å². The normalized spacial score (nSPS) is 10.9. The second-order valence-corrected chi connectivity index (χ2v) is 5.80. The topological polar surface area (TPSA) is 74.0 Å². The molecule has 1 N–H and O–H groups in total. The maximum Gasteiger partial charge on any atom is 0.354 e. The SMILES string of the molecule is CC(C)(C#N)CCCSc1ccnc(C(=O)O)c1. The van der Waals surface area contributed by atoms with E-state index < -0.39 is 5.97 Å². The molecular formula is C13H16N2O2S. The third kappa shape index (κ3) is 4.76. The minimum Gasteiger partial charge on any atom is -0.477 e. The monoisotopic (exact) mass is 264 g/mol. The summed E-state index contributed by atoms with van der Waals surface area (Å²) in [6.45, 7) is 3.85. The van der Waals surface area contributed by atoms with Crippen LogP contribution in [0.15, 0.2) is 23.2 Å². The molecule has 0 aliphatic carbocycles. The van der Waals surface area contributed by atoms with E-state index in [1.807, 2.05) is 13.8 Å². The molecule has 96 valence electrons. The van der Waals surface area contributed by atoms with Gasteiger partial charge in [0.2, 0.25) is 0 Å². The van der Waals surface area contributed by atoms with Gasteiger partial charge in [0.05, 0.1) is 11.5 Å². The molecule has 0 atom stereocenters. The summed E-state index contributed by atoms with van der Waals surface area (Å²) in [5.41, 5.74) is -0.220. The molecule has 0 radical (unpaired) electrons. The van der Waals surface area contributed by atoms with Crippen LogP contribution in [0, 0.1) is 16.7 Å². The molecule has 0 aliphatic rings. The second kappa shape index (κ2) is 6.41. The van der Waals surface area contributed by atoms with Crippen LogP contribution in [-0.4, -0.2) is 21.8 Å². The number of thioether (sulfide) groups is 1. The Morgan fingerprint density at radius 2 is 2.33 bits per heavy atom. The number of hydrogen-bond donors (Lipinski definition) is 1. The average molecular weight is 264 g/mol. The summed E-state index contributed by atoms with van der Waals surface area (Å²) in [5, 5.41) is 17.7. The fraction of sp³-hybridized carbons (Fsp3) is 0.462. The van der Waals surface area contributed by atoms with E-state index in [0.29, 0.717) is 0 Å². The van der Waals surface area contributed by atoms with E-state index in [9.17, 15) is 4.79 Å². The second-order valence-electron chi connectivity index (χ2n) is 4.63. The first kappa shape index (κ1) is 14.5. The number of nitrogens with zero attached hydrogens (tertiary/aromatic N) is 2. The third-order valence-corrected chi connectivity index (χ3v) is 3.55. The lowest BCUT2D eigenvalue weighted by atomic mass is 9.90. The molecule has 0 unspecified atom stereocenters. The van der Waals surface area contributed by atoms with E-state index in [1.165, 1.54) is 6.20 Å². The molecule has 5 heteroatoms. The molecule has 0 bridgehead atoms. The van der Waals surface area contributed by atoms with Crippen LogP contribution in [0.3, 0.4) is 0 Å². The highest BCUT2D eigenvalue weighted by molar-refractivity contribution is 7.99. The van der Waals surface area contributed by atoms with Crippen LogP contribution in [0.2, 0.25) is 0 Å². The van der Waals surface area contributed by atoms with E-state index >= 15 is 0 Å². The number of hydrogen-bond acceptors (Lipinski definition) is 4. The molecule has 0 aliphatic heterocycles. The Bertz CT molecular complexity index is 466. The fourth-order valence-corrected chi connectivity index (χ4v) is 2.25. The smallest absolute Gasteiger partial charge is 0.354 e. The first-order valence-electron chi connectivity index (χ1n) is 5.68. The standard InChI is InChI=1S/C13H16N2O2S/c1-13(2,9-14)5-3-7-18-10-4-6-15-11(8-10)12(16)17/h4,6,8H,3,5,7H2,1-2H3,(H,16,17). The molecule has 1 rings (SSSR count). The first-order chi connectivity index (χ1) is 8.44. The van der Waals surface area contributed by atoms with Gasteiger partial charge in [-0.05, 0) is 44.6 Å². The van der Waals surface area contributed by atoms with Crippen molar-refractivity contribution in [3.05, 3.63) is 24.0 Å². The summed E-state index contributed by atoms with van der Waals surface area (Å²) in [5.74, 6) is -0.142. The van der Waals surface area contributed by atoms with Gasteiger partial charge in [-0.3, -0.25) is 0 Å². The Morgan fingerprint density at radius 3 is 2.94 bits per heavy atom. The van der Waals surface area contributed by atoms with Crippen LogP contribution in [0.5, 0.6) is 0 Å². The number of carboxylic acid groups (broad SMARTS) is 1. The summed E-state index contributed by atoms with van der Waals surface area (Å²) in [6.07, 6.45) is 3.27. The van der Waals surface area contributed by atoms with Gasteiger partial charge in [0.25, 0.3) is 0 Å². The zero-order valence-electron chi connectivity index (χ0n) is 10.5. The molecule has 4 nitrogen and oxygen atoms in total. The van der Waals surface area contributed by atoms with E-state index in [1.54, 1.807) is 23.9 Å². The zero-order chi connectivity index (χ0) is 13.6. The molecule has 0 spiro atoms. The van der Waals surface area contributed by atoms with Crippen LogP contribution < -0.4 is 0 Å². The van der Waals surface area contributed by atoms with Crippen molar-refractivity contribution in [1.29, 1.82) is 5.26 Å². The molecule has 0 aromatic carbocycles. The summed E-state index contributed by atoms with van der Waals surface area (Å²) >= 11 is 1.59. The number of carboxylic acids is 1. The van der Waals surface area contributed by atoms with Crippen molar-refractivity contribution >= 4 is 17.7 Å². The third-order valence-electron chi connectivity index (χ3n) is 2.47. The lowest BCUT2D eigenvalue weighted by Gasteiger charge is -2.13. The van der Waals surface area contributed by atoms with Crippen LogP contribution in [0.1, 0.15) is 37.2 Å². The molecule has 0 saturated heterocycles. The molecule has 1 aromatic heterocycles. The molecule has 0 fully saturated rings. The molecule has 1 aromatic rings. The van der Waals surface area contributed by atoms with Crippen molar-refractivity contribution in [1.82, 2.24) is 4.98 Å². The number of pyridine rings is 1. The van der Waals surface area contributed by atoms with Gasteiger partial charge >= 0.3 is 5.97 Å². The summed E-state index contributed by atoms with van der Waals surface area (Å²) in [6, 6.07) is 5.64. The number of aromatic nitrogens is 1. The van der Waals surface area contributed by atoms with Crippen molar-refractivity contribution in [2.24, 2.45) is 5.41 Å². The van der Waals surface area contributed by atoms with Crippen molar-refractivity contribution in [2.45, 2.75) is 31.6 Å². The van der Waals surface area contributed by atoms with E-state index in [0.717, 1.165) is 23.5 Å². The van der Waals surface area contributed by atoms with Gasteiger partial charge in [-0.2, -0.15) is 5.26 Å². The quantitative estimate of drug-likeness (QED) is 0.631. The maximum atomic E-state index is 10.7. The Hall–Kier alpha value is -1.54. The van der Waals surface area contributed by atoms with Crippen LogP contribution in [-0.2, 0) is 0 Å². The number of rotatable bonds is 6. The maximum absolute atomic E-state index is 10.7. The molecule has 0 amide bonds. The average Bonchev–Trinajstić information content (AvgIpc) is 2.35. The molecule has 18 heavy (non-hydrogen) atoms. The van der Waals surface area contributed by atoms with E-state index in [4.69, 9.17) is 10.4 Å². The Morgan fingerprint density at radius 1 is 1.61 bits per heavy atom. The molecule has 0 saturated carbocycles. The number of nitriles is 1. The Labute approximate surface area is 111 Å². The van der Waals surface area contributed by atoms with E-state index in [2.05, 4.69) is 11.1 Å². The largest absolute Gasteiger partial charge is 0.477 e. The van der Waals surface area contributed by atoms with Crippen molar-refractivity contribution in [2.75, 3.05) is 5.75 Å². The van der Waals surface area contributed by atoms with Crippen molar-refractivity contribution in [3.8, 4) is 6.07 Å². The number of aromatic carboxylic acids is 1. The predicted octanol–water partition coefficient (Wildman–Crippen LogP) is 3.20. The number of carbonyl (C=O) groups is 1. The van der Waals surface area contributed by atoms with E-state index in [-0.39, 0.29) is 11.1 Å². The van der Waals surface area contributed by atoms with Gasteiger partial charge in [-0.15, -0.1) is 11.8 Å². The Balaban J connectivity index is 2.43. The van der Waals surface area contributed by atoms with Gasteiger partial charge < -0.3 is 5.11 Å². The first-order valence-corrected chi connectivity index (χ1v) is 6.66. The van der Waals surface area contributed by atoms with Crippen LogP contribution in [0.4, 0.5) is 0 Å². The minimum atomic E-state index is -1.01. The Kier molecular flexibility index (Phi) is 5.17. The van der Waals surface area contributed by atoms with Crippen LogP contribution >= 0.6 is 11.8 Å². The highest BCUT2D eigenvalue weighted by atomic mass is 32.2. The predicted molar refractivity (Wildman–Crippen MR) is 70.5 cm³/mol. The highest BCUT2D eigenvalue weighted by Gasteiger charge is 2.15. The van der Waals surface area contributed by atoms with Gasteiger partial charge in [0.15, 0.2) is 0 Å². The fourth-order valence-electron chi connectivity index (χ4n) is 1.38. The van der Waals surface area contributed by atoms with Gasteiger partial charge in [-0.1, -0.05) is 0 Å².